The third-order valence-corrected chi connectivity index (χ3v) is 3.50. The van der Waals surface area contributed by atoms with Crippen LogP contribution in [-0.2, 0) is 0 Å². The molecule has 3 rings (SSSR count). The van der Waals surface area contributed by atoms with Crippen molar-refractivity contribution in [2.24, 2.45) is 0 Å². The molecule has 0 bridgehead atoms. The minimum Gasteiger partial charge on any atom is -0.451 e. The first-order valence-corrected chi connectivity index (χ1v) is 6.78. The van der Waals surface area contributed by atoms with Crippen molar-refractivity contribution in [2.75, 3.05) is 11.1 Å². The van der Waals surface area contributed by atoms with E-state index in [0.29, 0.717) is 22.0 Å². The number of carbonyl (C=O) groups excluding carboxylic acids is 1. The normalized spacial score (nSPS) is 10.8. The van der Waals surface area contributed by atoms with E-state index in [1.54, 1.807) is 18.2 Å². The second kappa shape index (κ2) is 5.14. The zero-order valence-corrected chi connectivity index (χ0v) is 12.1. The third kappa shape index (κ3) is 2.58. The number of rotatable bonds is 2. The molecule has 0 radical (unpaired) electrons. The Kier molecular flexibility index (Phi) is 3.31. The van der Waals surface area contributed by atoms with E-state index in [1.165, 1.54) is 0 Å². The maximum absolute atomic E-state index is 12.3. The van der Waals surface area contributed by atoms with Gasteiger partial charge < -0.3 is 15.5 Å². The minimum atomic E-state index is -0.346. The standard InChI is InChI=1S/C16H13ClN2O2/c1-9-6-11(18)8-12(17)15(9)19-16(20)14-7-10-4-2-3-5-13(10)21-14/h2-8H,18H2,1H3,(H,19,20). The van der Waals surface area contributed by atoms with Gasteiger partial charge in [-0.1, -0.05) is 29.8 Å². The lowest BCUT2D eigenvalue weighted by atomic mass is 10.1. The highest BCUT2D eigenvalue weighted by molar-refractivity contribution is 6.34. The van der Waals surface area contributed by atoms with Crippen LogP contribution < -0.4 is 11.1 Å². The van der Waals surface area contributed by atoms with Crippen LogP contribution >= 0.6 is 11.6 Å². The monoisotopic (exact) mass is 300 g/mol. The highest BCUT2D eigenvalue weighted by Gasteiger charge is 2.15. The van der Waals surface area contributed by atoms with Crippen LogP contribution in [0.4, 0.5) is 11.4 Å². The molecule has 1 amide bonds. The molecule has 0 atom stereocenters. The summed E-state index contributed by atoms with van der Waals surface area (Å²) in [5.41, 5.74) is 8.26. The first-order chi connectivity index (χ1) is 10.0. The number of carbonyl (C=O) groups is 1. The minimum absolute atomic E-state index is 0.239. The first kappa shape index (κ1) is 13.5. The highest BCUT2D eigenvalue weighted by atomic mass is 35.5. The van der Waals surface area contributed by atoms with Crippen molar-refractivity contribution in [1.82, 2.24) is 0 Å². The quantitative estimate of drug-likeness (QED) is 0.696. The summed E-state index contributed by atoms with van der Waals surface area (Å²) in [5, 5.41) is 4.04. The van der Waals surface area contributed by atoms with E-state index in [-0.39, 0.29) is 11.7 Å². The number of hydrogen-bond acceptors (Lipinski definition) is 3. The number of amides is 1. The zero-order valence-electron chi connectivity index (χ0n) is 11.3. The predicted octanol–water partition coefficient (Wildman–Crippen LogP) is 4.23. The highest BCUT2D eigenvalue weighted by Crippen LogP contribution is 2.29. The number of aryl methyl sites for hydroxylation is 1. The number of nitrogens with one attached hydrogen (secondary N) is 1. The SMILES string of the molecule is Cc1cc(N)cc(Cl)c1NC(=O)c1cc2ccccc2o1. The average molecular weight is 301 g/mol. The molecule has 0 fully saturated rings. The summed E-state index contributed by atoms with van der Waals surface area (Å²) in [6.45, 7) is 1.83. The lowest BCUT2D eigenvalue weighted by molar-refractivity contribution is 0.0998. The lowest BCUT2D eigenvalue weighted by Gasteiger charge is -2.10. The van der Waals surface area contributed by atoms with Crippen LogP contribution in [0.5, 0.6) is 0 Å². The maximum Gasteiger partial charge on any atom is 0.291 e. The van der Waals surface area contributed by atoms with E-state index < -0.39 is 0 Å². The molecule has 1 aromatic heterocycles. The van der Waals surface area contributed by atoms with Gasteiger partial charge >= 0.3 is 0 Å². The van der Waals surface area contributed by atoms with E-state index in [2.05, 4.69) is 5.32 Å². The number of furan rings is 1. The van der Waals surface area contributed by atoms with Gasteiger partial charge in [0, 0.05) is 11.1 Å². The number of nitrogens with two attached hydrogens (primary N) is 1. The first-order valence-electron chi connectivity index (χ1n) is 6.40. The van der Waals surface area contributed by atoms with Crippen LogP contribution in [0.25, 0.3) is 11.0 Å². The fourth-order valence-corrected chi connectivity index (χ4v) is 2.52. The molecule has 3 N–H and O–H groups in total. The van der Waals surface area contributed by atoms with Crippen molar-refractivity contribution in [2.45, 2.75) is 6.92 Å². The summed E-state index contributed by atoms with van der Waals surface area (Å²) in [6, 6.07) is 12.5. The molecule has 2 aromatic carbocycles. The summed E-state index contributed by atoms with van der Waals surface area (Å²) in [6.07, 6.45) is 0. The Morgan fingerprint density at radius 3 is 2.71 bits per heavy atom. The second-order valence-corrected chi connectivity index (χ2v) is 5.20. The van der Waals surface area contributed by atoms with Gasteiger partial charge in [-0.3, -0.25) is 4.79 Å². The van der Waals surface area contributed by atoms with E-state index in [0.717, 1.165) is 10.9 Å². The van der Waals surface area contributed by atoms with Gasteiger partial charge in [-0.15, -0.1) is 0 Å². The van der Waals surface area contributed by atoms with Crippen LogP contribution in [0.1, 0.15) is 16.1 Å². The summed E-state index contributed by atoms with van der Waals surface area (Å²) in [7, 11) is 0. The molecule has 0 saturated carbocycles. The Labute approximate surface area is 126 Å². The molecule has 106 valence electrons. The Morgan fingerprint density at radius 2 is 2.00 bits per heavy atom. The fourth-order valence-electron chi connectivity index (χ4n) is 2.20. The average Bonchev–Trinajstić information content (AvgIpc) is 2.86. The number of nitrogen functional groups attached to an aromatic ring is 1. The van der Waals surface area contributed by atoms with Crippen LogP contribution in [0.3, 0.4) is 0 Å². The molecule has 0 aliphatic heterocycles. The lowest BCUT2D eigenvalue weighted by Crippen LogP contribution is -2.12. The number of para-hydroxylation sites is 1. The summed E-state index contributed by atoms with van der Waals surface area (Å²) < 4.78 is 5.53. The third-order valence-electron chi connectivity index (χ3n) is 3.20. The molecule has 21 heavy (non-hydrogen) atoms. The second-order valence-electron chi connectivity index (χ2n) is 4.80. The molecular weight excluding hydrogens is 288 g/mol. The van der Waals surface area contributed by atoms with Crippen molar-refractivity contribution in [3.8, 4) is 0 Å². The van der Waals surface area contributed by atoms with Gasteiger partial charge in [-0.25, -0.2) is 0 Å². The van der Waals surface area contributed by atoms with E-state index in [4.69, 9.17) is 21.8 Å². The molecule has 1 heterocycles. The maximum atomic E-state index is 12.3. The smallest absolute Gasteiger partial charge is 0.291 e. The molecule has 0 aliphatic carbocycles. The fraction of sp³-hybridized carbons (Fsp3) is 0.0625. The summed E-state index contributed by atoms with van der Waals surface area (Å²) in [4.78, 5) is 12.3. The Balaban J connectivity index is 1.93. The molecule has 4 nitrogen and oxygen atoms in total. The topological polar surface area (TPSA) is 68.3 Å². The van der Waals surface area contributed by atoms with Crippen molar-refractivity contribution >= 4 is 39.9 Å². The van der Waals surface area contributed by atoms with Crippen molar-refractivity contribution < 1.29 is 9.21 Å². The van der Waals surface area contributed by atoms with Crippen LogP contribution in [0, 0.1) is 6.92 Å². The van der Waals surface area contributed by atoms with Gasteiger partial charge in [0.1, 0.15) is 5.58 Å². The predicted molar refractivity (Wildman–Crippen MR) is 84.8 cm³/mol. The molecular formula is C16H13ClN2O2. The number of benzene rings is 2. The van der Waals surface area contributed by atoms with Gasteiger partial charge in [0.25, 0.3) is 5.91 Å². The molecule has 0 saturated heterocycles. The van der Waals surface area contributed by atoms with E-state index in [1.807, 2.05) is 31.2 Å². The van der Waals surface area contributed by atoms with Crippen LogP contribution in [-0.4, -0.2) is 5.91 Å². The van der Waals surface area contributed by atoms with Crippen molar-refractivity contribution in [1.29, 1.82) is 0 Å². The van der Waals surface area contributed by atoms with Gasteiger partial charge in [0.05, 0.1) is 10.7 Å². The number of anilines is 2. The van der Waals surface area contributed by atoms with Gasteiger partial charge in [0.2, 0.25) is 0 Å². The molecule has 0 unspecified atom stereocenters. The zero-order chi connectivity index (χ0) is 15.0. The van der Waals surface area contributed by atoms with Crippen LogP contribution in [0.15, 0.2) is 46.9 Å². The van der Waals surface area contributed by atoms with Crippen molar-refractivity contribution in [3.05, 3.63) is 58.8 Å². The number of fused-ring (bicyclic) bond motifs is 1. The number of halogens is 1. The molecule has 0 spiro atoms. The van der Waals surface area contributed by atoms with Gasteiger partial charge in [-0.05, 0) is 36.8 Å². The van der Waals surface area contributed by atoms with E-state index >= 15 is 0 Å². The Bertz CT molecular complexity index is 783. The van der Waals surface area contributed by atoms with Crippen LogP contribution in [0.2, 0.25) is 5.02 Å². The largest absolute Gasteiger partial charge is 0.451 e. The Hall–Kier alpha value is -2.46. The van der Waals surface area contributed by atoms with Gasteiger partial charge in [0.15, 0.2) is 5.76 Å². The van der Waals surface area contributed by atoms with Crippen molar-refractivity contribution in [3.63, 3.8) is 0 Å². The molecule has 3 aromatic rings. The summed E-state index contributed by atoms with van der Waals surface area (Å²) in [5.74, 6) is -0.107. The molecule has 5 heteroatoms. The van der Waals surface area contributed by atoms with Gasteiger partial charge in [-0.2, -0.15) is 0 Å². The van der Waals surface area contributed by atoms with E-state index in [9.17, 15) is 4.79 Å². The number of hydrogen-bond donors (Lipinski definition) is 2. The summed E-state index contributed by atoms with van der Waals surface area (Å²) >= 11 is 6.12. The molecule has 0 aliphatic rings. The Morgan fingerprint density at radius 1 is 1.24 bits per heavy atom.